The van der Waals surface area contributed by atoms with E-state index in [0.29, 0.717) is 33.0 Å². The van der Waals surface area contributed by atoms with Crippen LogP contribution in [-0.4, -0.2) is 23.0 Å². The summed E-state index contributed by atoms with van der Waals surface area (Å²) in [6.45, 7) is 0. The van der Waals surface area contributed by atoms with Gasteiger partial charge in [0.15, 0.2) is 0 Å². The Morgan fingerprint density at radius 3 is 2.38 bits per heavy atom. The highest BCUT2D eigenvalue weighted by Gasteiger charge is 2.11. The van der Waals surface area contributed by atoms with Crippen molar-refractivity contribution in [2.45, 2.75) is 0 Å². The summed E-state index contributed by atoms with van der Waals surface area (Å²) in [7, 11) is 1.58. The Bertz CT molecular complexity index is 912. The Labute approximate surface area is 160 Å². The normalized spacial score (nSPS) is 10.3. The number of hydrogen-bond acceptors (Lipinski definition) is 5. The zero-order valence-electron chi connectivity index (χ0n) is 13.7. The Morgan fingerprint density at radius 2 is 1.73 bits per heavy atom. The molecule has 1 heterocycles. The predicted octanol–water partition coefficient (Wildman–Crippen LogP) is 4.79. The molecule has 0 spiro atoms. The number of anilines is 3. The van der Waals surface area contributed by atoms with Gasteiger partial charge in [-0.15, -0.1) is 0 Å². The third-order valence-electron chi connectivity index (χ3n) is 3.46. The summed E-state index contributed by atoms with van der Waals surface area (Å²) in [4.78, 5) is 20.5. The van der Waals surface area contributed by atoms with E-state index in [1.165, 1.54) is 12.4 Å². The molecule has 0 aliphatic carbocycles. The van der Waals surface area contributed by atoms with Gasteiger partial charge in [-0.1, -0.05) is 29.3 Å². The van der Waals surface area contributed by atoms with Crippen molar-refractivity contribution in [2.24, 2.45) is 0 Å². The molecule has 0 bridgehead atoms. The van der Waals surface area contributed by atoms with Crippen molar-refractivity contribution in [3.05, 3.63) is 70.6 Å². The summed E-state index contributed by atoms with van der Waals surface area (Å²) >= 11 is 12.3. The quantitative estimate of drug-likeness (QED) is 0.656. The highest BCUT2D eigenvalue weighted by Crippen LogP contribution is 2.32. The summed E-state index contributed by atoms with van der Waals surface area (Å²) in [5.41, 5.74) is 1.33. The van der Waals surface area contributed by atoms with Crippen LogP contribution in [0.5, 0.6) is 5.75 Å². The lowest BCUT2D eigenvalue weighted by Crippen LogP contribution is -2.14. The van der Waals surface area contributed by atoms with Crippen LogP contribution in [0.15, 0.2) is 54.9 Å². The van der Waals surface area contributed by atoms with Gasteiger partial charge in [-0.2, -0.15) is 0 Å². The molecule has 0 saturated heterocycles. The summed E-state index contributed by atoms with van der Waals surface area (Å²) in [5, 5.41) is 6.65. The van der Waals surface area contributed by atoms with Crippen molar-refractivity contribution >= 4 is 46.3 Å². The molecule has 2 N–H and O–H groups in total. The number of carbonyl (C=O) groups excluding carboxylic acids is 1. The van der Waals surface area contributed by atoms with Gasteiger partial charge < -0.3 is 15.4 Å². The van der Waals surface area contributed by atoms with Crippen molar-refractivity contribution in [3.8, 4) is 5.75 Å². The molecule has 8 heteroatoms. The molecule has 0 aliphatic rings. The first-order valence-corrected chi connectivity index (χ1v) is 8.31. The summed E-state index contributed by atoms with van der Waals surface area (Å²) in [6.07, 6.45) is 1.29. The lowest BCUT2D eigenvalue weighted by molar-refractivity contribution is 0.102. The topological polar surface area (TPSA) is 76.1 Å². The molecule has 0 radical (unpaired) electrons. The standard InChI is InChI=1S/C18H14Cl2N4O2/c1-26-12-7-5-11(6-8-12)23-18(25)15-9-16(22-10-21-15)24-17-13(19)3-2-4-14(17)20/h2-10H,1H3,(H,23,25)(H,21,22,24). The van der Waals surface area contributed by atoms with Crippen LogP contribution < -0.4 is 15.4 Å². The lowest BCUT2D eigenvalue weighted by atomic mass is 10.2. The number of halogens is 2. The molecule has 3 rings (SSSR count). The maximum absolute atomic E-state index is 12.4. The predicted molar refractivity (Wildman–Crippen MR) is 103 cm³/mol. The van der Waals surface area contributed by atoms with E-state index in [4.69, 9.17) is 27.9 Å². The van der Waals surface area contributed by atoms with Crippen LogP contribution in [0, 0.1) is 0 Å². The monoisotopic (exact) mass is 388 g/mol. The average Bonchev–Trinajstić information content (AvgIpc) is 2.66. The van der Waals surface area contributed by atoms with Gasteiger partial charge in [-0.3, -0.25) is 4.79 Å². The van der Waals surface area contributed by atoms with Gasteiger partial charge >= 0.3 is 0 Å². The Hall–Kier alpha value is -2.83. The van der Waals surface area contributed by atoms with Crippen molar-refractivity contribution < 1.29 is 9.53 Å². The molecule has 26 heavy (non-hydrogen) atoms. The lowest BCUT2D eigenvalue weighted by Gasteiger charge is -2.10. The number of benzene rings is 2. The fourth-order valence-electron chi connectivity index (χ4n) is 2.16. The SMILES string of the molecule is COc1ccc(NC(=O)c2cc(Nc3c(Cl)cccc3Cl)ncn2)cc1. The summed E-state index contributed by atoms with van der Waals surface area (Å²) in [6, 6.07) is 13.6. The van der Waals surface area contributed by atoms with Gasteiger partial charge in [0.1, 0.15) is 23.6 Å². The number of rotatable bonds is 5. The van der Waals surface area contributed by atoms with Crippen LogP contribution in [-0.2, 0) is 0 Å². The van der Waals surface area contributed by atoms with Crippen LogP contribution in [0.1, 0.15) is 10.5 Å². The molecule has 0 unspecified atom stereocenters. The van der Waals surface area contributed by atoms with E-state index >= 15 is 0 Å². The maximum Gasteiger partial charge on any atom is 0.274 e. The third-order valence-corrected chi connectivity index (χ3v) is 4.09. The minimum absolute atomic E-state index is 0.196. The molecule has 2 aromatic carbocycles. The van der Waals surface area contributed by atoms with Crippen molar-refractivity contribution in [3.63, 3.8) is 0 Å². The number of amides is 1. The van der Waals surface area contributed by atoms with Gasteiger partial charge in [0.05, 0.1) is 22.8 Å². The number of carbonyl (C=O) groups is 1. The van der Waals surface area contributed by atoms with Crippen LogP contribution in [0.3, 0.4) is 0 Å². The van der Waals surface area contributed by atoms with Crippen LogP contribution in [0.4, 0.5) is 17.2 Å². The molecule has 1 amide bonds. The first-order valence-electron chi connectivity index (χ1n) is 7.55. The number of nitrogens with one attached hydrogen (secondary N) is 2. The van der Waals surface area contributed by atoms with Crippen LogP contribution in [0.2, 0.25) is 10.0 Å². The van der Waals surface area contributed by atoms with Crippen molar-refractivity contribution in [1.29, 1.82) is 0 Å². The van der Waals surface area contributed by atoms with E-state index in [0.717, 1.165) is 0 Å². The maximum atomic E-state index is 12.4. The number of para-hydroxylation sites is 1. The minimum atomic E-state index is -0.370. The molecule has 132 valence electrons. The molecule has 6 nitrogen and oxygen atoms in total. The van der Waals surface area contributed by atoms with E-state index < -0.39 is 0 Å². The number of aromatic nitrogens is 2. The molecule has 3 aromatic rings. The van der Waals surface area contributed by atoms with Gasteiger partial charge in [-0.25, -0.2) is 9.97 Å². The molecule has 0 fully saturated rings. The summed E-state index contributed by atoms with van der Waals surface area (Å²) < 4.78 is 5.09. The molecule has 1 aromatic heterocycles. The molecule has 0 atom stereocenters. The third kappa shape index (κ3) is 4.22. The Kier molecular flexibility index (Phi) is 5.55. The van der Waals surface area contributed by atoms with Crippen molar-refractivity contribution in [1.82, 2.24) is 9.97 Å². The van der Waals surface area contributed by atoms with Gasteiger partial charge in [0.25, 0.3) is 5.91 Å². The minimum Gasteiger partial charge on any atom is -0.497 e. The van der Waals surface area contributed by atoms with E-state index in [-0.39, 0.29) is 11.6 Å². The van der Waals surface area contributed by atoms with Crippen LogP contribution >= 0.6 is 23.2 Å². The number of methoxy groups -OCH3 is 1. The first-order chi connectivity index (χ1) is 12.6. The molecule has 0 saturated carbocycles. The summed E-state index contributed by atoms with van der Waals surface area (Å²) in [5.74, 6) is 0.730. The second-order valence-electron chi connectivity index (χ2n) is 5.19. The van der Waals surface area contributed by atoms with Crippen molar-refractivity contribution in [2.75, 3.05) is 17.7 Å². The fourth-order valence-corrected chi connectivity index (χ4v) is 2.66. The highest BCUT2D eigenvalue weighted by atomic mass is 35.5. The van der Waals surface area contributed by atoms with E-state index in [1.807, 2.05) is 0 Å². The smallest absolute Gasteiger partial charge is 0.274 e. The van der Waals surface area contributed by atoms with Gasteiger partial charge in [0.2, 0.25) is 0 Å². The Balaban J connectivity index is 1.76. The van der Waals surface area contributed by atoms with Gasteiger partial charge in [0, 0.05) is 11.8 Å². The number of hydrogen-bond donors (Lipinski definition) is 2. The van der Waals surface area contributed by atoms with Gasteiger partial charge in [-0.05, 0) is 36.4 Å². The molecule has 0 aliphatic heterocycles. The first kappa shape index (κ1) is 18.0. The zero-order chi connectivity index (χ0) is 18.5. The largest absolute Gasteiger partial charge is 0.497 e. The van der Waals surface area contributed by atoms with E-state index in [9.17, 15) is 4.79 Å². The number of nitrogens with zero attached hydrogens (tertiary/aromatic N) is 2. The van der Waals surface area contributed by atoms with E-state index in [1.54, 1.807) is 49.6 Å². The highest BCUT2D eigenvalue weighted by molar-refractivity contribution is 6.39. The zero-order valence-corrected chi connectivity index (χ0v) is 15.2. The second-order valence-corrected chi connectivity index (χ2v) is 6.01. The van der Waals surface area contributed by atoms with E-state index in [2.05, 4.69) is 20.6 Å². The molecular weight excluding hydrogens is 375 g/mol. The second kappa shape index (κ2) is 8.03. The Morgan fingerprint density at radius 1 is 1.04 bits per heavy atom. The fraction of sp³-hybridized carbons (Fsp3) is 0.0556. The molecular formula is C18H14Cl2N4O2. The number of ether oxygens (including phenoxy) is 1. The van der Waals surface area contributed by atoms with Crippen LogP contribution in [0.25, 0.3) is 0 Å². The average molecular weight is 389 g/mol.